The maximum Gasteiger partial charge on any atom is 0.573 e. The number of halogens is 3. The molecule has 1 heterocycles. The van der Waals surface area contributed by atoms with Crippen molar-refractivity contribution in [3.8, 4) is 5.75 Å². The monoisotopic (exact) mass is 311 g/mol. The standard InChI is InChI=1S/C11H12F3NO4S/c12-11(13,14)19-8-3-1-2-7(4-8)15-9-5-20(17,18)6-10(9)16/h1-4,9-10,15-16H,5-6H2. The minimum atomic E-state index is -4.80. The van der Waals surface area contributed by atoms with Gasteiger partial charge in [-0.05, 0) is 12.1 Å². The van der Waals surface area contributed by atoms with Gasteiger partial charge < -0.3 is 15.2 Å². The second-order valence-corrected chi connectivity index (χ2v) is 6.62. The van der Waals surface area contributed by atoms with Gasteiger partial charge in [-0.15, -0.1) is 13.2 Å². The largest absolute Gasteiger partial charge is 0.573 e. The van der Waals surface area contributed by atoms with Crippen molar-refractivity contribution in [2.75, 3.05) is 16.8 Å². The molecule has 1 saturated heterocycles. The SMILES string of the molecule is O=S1(=O)CC(O)C(Nc2cccc(OC(F)(F)F)c2)C1. The highest BCUT2D eigenvalue weighted by molar-refractivity contribution is 7.91. The molecule has 1 aliphatic rings. The maximum absolute atomic E-state index is 12.1. The summed E-state index contributed by atoms with van der Waals surface area (Å²) in [5.41, 5.74) is 0.243. The molecule has 9 heteroatoms. The van der Waals surface area contributed by atoms with E-state index >= 15 is 0 Å². The zero-order valence-corrected chi connectivity index (χ0v) is 10.9. The first kappa shape index (κ1) is 14.9. The number of hydrogen-bond donors (Lipinski definition) is 2. The second kappa shape index (κ2) is 5.13. The van der Waals surface area contributed by atoms with Crippen molar-refractivity contribution in [2.45, 2.75) is 18.5 Å². The molecular weight excluding hydrogens is 299 g/mol. The number of aliphatic hydroxyl groups excluding tert-OH is 1. The number of hydrogen-bond acceptors (Lipinski definition) is 5. The molecule has 0 saturated carbocycles. The van der Waals surface area contributed by atoms with Crippen molar-refractivity contribution in [1.29, 1.82) is 0 Å². The van der Waals surface area contributed by atoms with Crippen molar-refractivity contribution in [1.82, 2.24) is 0 Å². The van der Waals surface area contributed by atoms with Crippen LogP contribution < -0.4 is 10.1 Å². The van der Waals surface area contributed by atoms with E-state index < -0.39 is 34.1 Å². The smallest absolute Gasteiger partial charge is 0.406 e. The van der Waals surface area contributed by atoms with Crippen molar-refractivity contribution >= 4 is 15.5 Å². The van der Waals surface area contributed by atoms with Crippen LogP contribution in [-0.2, 0) is 9.84 Å². The Morgan fingerprint density at radius 1 is 1.30 bits per heavy atom. The van der Waals surface area contributed by atoms with Gasteiger partial charge in [0.1, 0.15) is 5.75 Å². The molecule has 0 bridgehead atoms. The highest BCUT2D eigenvalue weighted by Gasteiger charge is 2.36. The van der Waals surface area contributed by atoms with E-state index in [9.17, 15) is 26.7 Å². The normalized spacial score (nSPS) is 25.4. The molecule has 0 spiro atoms. The number of anilines is 1. The van der Waals surface area contributed by atoms with Crippen molar-refractivity contribution in [3.63, 3.8) is 0 Å². The molecule has 0 aromatic heterocycles. The van der Waals surface area contributed by atoms with Crippen LogP contribution in [0.25, 0.3) is 0 Å². The average molecular weight is 311 g/mol. The molecule has 1 aliphatic heterocycles. The number of aliphatic hydroxyl groups is 1. The topological polar surface area (TPSA) is 75.6 Å². The second-order valence-electron chi connectivity index (χ2n) is 4.47. The summed E-state index contributed by atoms with van der Waals surface area (Å²) in [5.74, 6) is -1.04. The number of sulfone groups is 1. The van der Waals surface area contributed by atoms with Crippen LogP contribution in [0.3, 0.4) is 0 Å². The van der Waals surface area contributed by atoms with E-state index in [1.807, 2.05) is 0 Å². The first-order valence-corrected chi connectivity index (χ1v) is 7.48. The summed E-state index contributed by atoms with van der Waals surface area (Å²) < 4.78 is 62.6. The summed E-state index contributed by atoms with van der Waals surface area (Å²) >= 11 is 0. The summed E-state index contributed by atoms with van der Waals surface area (Å²) in [5, 5.41) is 12.3. The van der Waals surface area contributed by atoms with Gasteiger partial charge in [0.25, 0.3) is 0 Å². The molecule has 0 aliphatic carbocycles. The number of benzene rings is 1. The van der Waals surface area contributed by atoms with Gasteiger partial charge in [0.15, 0.2) is 9.84 Å². The summed E-state index contributed by atoms with van der Waals surface area (Å²) in [6.45, 7) is 0. The van der Waals surface area contributed by atoms with E-state index in [0.29, 0.717) is 0 Å². The van der Waals surface area contributed by atoms with Gasteiger partial charge in [0.05, 0.1) is 23.7 Å². The molecule has 2 atom stereocenters. The zero-order chi connectivity index (χ0) is 15.0. The number of nitrogens with one attached hydrogen (secondary N) is 1. The van der Waals surface area contributed by atoms with Gasteiger partial charge in [-0.2, -0.15) is 0 Å². The Balaban J connectivity index is 2.09. The Hall–Kier alpha value is -1.48. The highest BCUT2D eigenvalue weighted by atomic mass is 32.2. The molecular formula is C11H12F3NO4S. The van der Waals surface area contributed by atoms with Gasteiger partial charge in [0.2, 0.25) is 0 Å². The minimum Gasteiger partial charge on any atom is -0.406 e. The molecule has 0 amide bonds. The van der Waals surface area contributed by atoms with E-state index in [4.69, 9.17) is 0 Å². The van der Waals surface area contributed by atoms with Gasteiger partial charge in [-0.25, -0.2) is 8.42 Å². The van der Waals surface area contributed by atoms with E-state index in [1.165, 1.54) is 12.1 Å². The van der Waals surface area contributed by atoms with Crippen LogP contribution in [0.5, 0.6) is 5.75 Å². The van der Waals surface area contributed by atoms with Crippen LogP contribution in [-0.4, -0.2) is 43.5 Å². The van der Waals surface area contributed by atoms with E-state index in [0.717, 1.165) is 12.1 Å². The lowest BCUT2D eigenvalue weighted by Crippen LogP contribution is -2.31. The molecule has 5 nitrogen and oxygen atoms in total. The highest BCUT2D eigenvalue weighted by Crippen LogP contribution is 2.26. The van der Waals surface area contributed by atoms with Gasteiger partial charge in [-0.3, -0.25) is 0 Å². The molecule has 112 valence electrons. The molecule has 1 aromatic rings. The zero-order valence-electron chi connectivity index (χ0n) is 10.1. The van der Waals surface area contributed by atoms with E-state index in [2.05, 4.69) is 10.1 Å². The number of rotatable bonds is 3. The Kier molecular flexibility index (Phi) is 3.83. The van der Waals surface area contributed by atoms with E-state index in [-0.39, 0.29) is 17.2 Å². The van der Waals surface area contributed by atoms with E-state index in [1.54, 1.807) is 0 Å². The quantitative estimate of drug-likeness (QED) is 0.876. The average Bonchev–Trinajstić information content (AvgIpc) is 2.49. The Bertz CT molecular complexity index is 588. The fourth-order valence-electron chi connectivity index (χ4n) is 1.96. The van der Waals surface area contributed by atoms with Crippen molar-refractivity contribution in [3.05, 3.63) is 24.3 Å². The lowest BCUT2D eigenvalue weighted by molar-refractivity contribution is -0.274. The summed E-state index contributed by atoms with van der Waals surface area (Å²) in [6, 6.07) is 4.26. The van der Waals surface area contributed by atoms with Crippen LogP contribution in [0.15, 0.2) is 24.3 Å². The lowest BCUT2D eigenvalue weighted by atomic mass is 10.2. The van der Waals surface area contributed by atoms with Crippen LogP contribution in [0.1, 0.15) is 0 Å². The lowest BCUT2D eigenvalue weighted by Gasteiger charge is -2.17. The maximum atomic E-state index is 12.1. The summed E-state index contributed by atoms with van der Waals surface area (Å²) in [4.78, 5) is 0. The van der Waals surface area contributed by atoms with Crippen molar-refractivity contribution < 1.29 is 31.4 Å². The first-order chi connectivity index (χ1) is 9.15. The van der Waals surface area contributed by atoms with Crippen LogP contribution >= 0.6 is 0 Å². The molecule has 1 fully saturated rings. The van der Waals surface area contributed by atoms with Gasteiger partial charge in [-0.1, -0.05) is 6.07 Å². The minimum absolute atomic E-state index is 0.243. The Labute approximate surface area is 113 Å². The predicted molar refractivity (Wildman–Crippen MR) is 65.2 cm³/mol. The van der Waals surface area contributed by atoms with Crippen LogP contribution in [0.2, 0.25) is 0 Å². The third-order valence-corrected chi connectivity index (χ3v) is 4.46. The third kappa shape index (κ3) is 4.01. The van der Waals surface area contributed by atoms with Crippen molar-refractivity contribution in [2.24, 2.45) is 0 Å². The molecule has 1 aromatic carbocycles. The number of alkyl halides is 3. The predicted octanol–water partition coefficient (Wildman–Crippen LogP) is 1.15. The molecule has 20 heavy (non-hydrogen) atoms. The Morgan fingerprint density at radius 3 is 2.55 bits per heavy atom. The molecule has 2 rings (SSSR count). The number of ether oxygens (including phenoxy) is 1. The van der Waals surface area contributed by atoms with Crippen LogP contribution in [0.4, 0.5) is 18.9 Å². The first-order valence-electron chi connectivity index (χ1n) is 5.65. The summed E-state index contributed by atoms with van der Waals surface area (Å²) in [6.07, 6.45) is -5.89. The fraction of sp³-hybridized carbons (Fsp3) is 0.455. The Morgan fingerprint density at radius 2 is 2.00 bits per heavy atom. The molecule has 0 radical (unpaired) electrons. The molecule has 2 N–H and O–H groups in total. The molecule has 2 unspecified atom stereocenters. The van der Waals surface area contributed by atoms with Crippen LogP contribution in [0, 0.1) is 0 Å². The third-order valence-electron chi connectivity index (χ3n) is 2.74. The van der Waals surface area contributed by atoms with Gasteiger partial charge >= 0.3 is 6.36 Å². The summed E-state index contributed by atoms with van der Waals surface area (Å²) in [7, 11) is -3.33. The van der Waals surface area contributed by atoms with Gasteiger partial charge in [0, 0.05) is 11.8 Å². The fourth-order valence-corrected chi connectivity index (χ4v) is 3.71.